The first-order chi connectivity index (χ1) is 25.1. The molecule has 5 aromatic rings. The van der Waals surface area contributed by atoms with Crippen molar-refractivity contribution >= 4 is 40.2 Å². The predicted molar refractivity (Wildman–Crippen MR) is 192 cm³/mol. The van der Waals surface area contributed by atoms with Gasteiger partial charge in [-0.3, -0.25) is 14.6 Å². The zero-order valence-corrected chi connectivity index (χ0v) is 28.7. The van der Waals surface area contributed by atoms with E-state index in [1.54, 1.807) is 49.7 Å². The van der Waals surface area contributed by atoms with Gasteiger partial charge in [0.15, 0.2) is 11.6 Å². The van der Waals surface area contributed by atoms with Crippen LogP contribution in [0.25, 0.3) is 10.9 Å². The van der Waals surface area contributed by atoms with E-state index in [0.717, 1.165) is 35.8 Å². The van der Waals surface area contributed by atoms with Crippen LogP contribution in [-0.2, 0) is 20.9 Å². The van der Waals surface area contributed by atoms with E-state index in [2.05, 4.69) is 20.9 Å². The van der Waals surface area contributed by atoms with Crippen molar-refractivity contribution in [3.05, 3.63) is 114 Å². The molecule has 12 heteroatoms. The summed E-state index contributed by atoms with van der Waals surface area (Å²) in [4.78, 5) is 43.0. The molecule has 0 unspecified atom stereocenters. The van der Waals surface area contributed by atoms with Gasteiger partial charge in [-0.25, -0.2) is 9.18 Å². The van der Waals surface area contributed by atoms with Gasteiger partial charge in [-0.2, -0.15) is 0 Å². The van der Waals surface area contributed by atoms with Crippen LogP contribution in [0.15, 0.2) is 97.2 Å². The van der Waals surface area contributed by atoms with Gasteiger partial charge in [0.2, 0.25) is 11.8 Å². The maximum absolute atomic E-state index is 15.3. The fraction of sp³-hybridized carbons (Fsp3) is 0.250. The molecule has 52 heavy (non-hydrogen) atoms. The Morgan fingerprint density at radius 2 is 1.54 bits per heavy atom. The van der Waals surface area contributed by atoms with Gasteiger partial charge in [-0.05, 0) is 92.3 Å². The zero-order chi connectivity index (χ0) is 36.3. The molecule has 0 spiro atoms. The first-order valence-electron chi connectivity index (χ1n) is 16.9. The van der Waals surface area contributed by atoms with Crippen LogP contribution in [0.3, 0.4) is 0 Å². The molecular weight excluding hydrogens is 667 g/mol. The summed E-state index contributed by atoms with van der Waals surface area (Å²) >= 11 is 0. The van der Waals surface area contributed by atoms with Crippen molar-refractivity contribution in [1.82, 2.24) is 10.3 Å². The second-order valence-electron chi connectivity index (χ2n) is 13.2. The highest BCUT2D eigenvalue weighted by molar-refractivity contribution is 6.16. The Hall–Kier alpha value is -6.17. The third-order valence-corrected chi connectivity index (χ3v) is 9.31. The number of methoxy groups -OCH3 is 1. The lowest BCUT2D eigenvalue weighted by molar-refractivity contribution is -0.131. The topological polar surface area (TPSA) is 137 Å². The van der Waals surface area contributed by atoms with Gasteiger partial charge in [0.05, 0.1) is 18.2 Å². The number of nitrogens with zero attached hydrogens (tertiary/aromatic N) is 1. The quantitative estimate of drug-likeness (QED) is 0.106. The van der Waals surface area contributed by atoms with Gasteiger partial charge in [0.1, 0.15) is 35.9 Å². The minimum Gasteiger partial charge on any atom is -0.497 e. The Labute approximate surface area is 299 Å². The molecule has 266 valence electrons. The molecule has 0 atom stereocenters. The Kier molecular flexibility index (Phi) is 9.37. The van der Waals surface area contributed by atoms with Crippen molar-refractivity contribution in [1.29, 1.82) is 0 Å². The van der Waals surface area contributed by atoms with Crippen LogP contribution in [0.2, 0.25) is 0 Å². The number of anilines is 2. The molecular formula is C40H37FN4O7. The number of aryl methyl sites for hydroxylation is 1. The number of carbonyl (C=O) groups is 3. The average molecular weight is 705 g/mol. The average Bonchev–Trinajstić information content (AvgIpc) is 4.09. The number of amides is 3. The minimum atomic E-state index is -1.20. The first kappa shape index (κ1) is 34.3. The van der Waals surface area contributed by atoms with E-state index in [1.807, 2.05) is 43.3 Å². The summed E-state index contributed by atoms with van der Waals surface area (Å²) in [6.07, 6.45) is 3.36. The summed E-state index contributed by atoms with van der Waals surface area (Å²) in [6, 6.07) is 25.6. The van der Waals surface area contributed by atoms with Crippen LogP contribution < -0.4 is 30.2 Å². The summed E-state index contributed by atoms with van der Waals surface area (Å²) in [5, 5.41) is 9.06. The largest absolute Gasteiger partial charge is 0.497 e. The lowest BCUT2D eigenvalue weighted by Crippen LogP contribution is -2.41. The molecule has 1 heterocycles. The van der Waals surface area contributed by atoms with Gasteiger partial charge in [-0.1, -0.05) is 30.3 Å². The van der Waals surface area contributed by atoms with E-state index in [0.29, 0.717) is 40.9 Å². The monoisotopic (exact) mass is 704 g/mol. The number of hydrogen-bond acceptors (Lipinski definition) is 8. The number of rotatable bonds is 13. The van der Waals surface area contributed by atoms with Gasteiger partial charge in [0, 0.05) is 35.1 Å². The van der Waals surface area contributed by atoms with Crippen LogP contribution in [0.1, 0.15) is 36.8 Å². The highest BCUT2D eigenvalue weighted by atomic mass is 19.1. The highest BCUT2D eigenvalue weighted by Crippen LogP contribution is 2.48. The molecule has 0 radical (unpaired) electrons. The SMILES string of the molecule is COc1ccc(COC(=O)NC2(COc3cc4nccc(Oc5ccc(NC(=O)C6(C(=O)Nc7ccccc7)CC6)cc5F)c4cc3C)CC2)cc1. The van der Waals surface area contributed by atoms with Crippen molar-refractivity contribution in [2.45, 2.75) is 44.8 Å². The number of nitrogens with one attached hydrogen (secondary N) is 3. The molecule has 7 rings (SSSR count). The smallest absolute Gasteiger partial charge is 0.408 e. The van der Waals surface area contributed by atoms with Gasteiger partial charge >= 0.3 is 6.09 Å². The maximum Gasteiger partial charge on any atom is 0.408 e. The zero-order valence-electron chi connectivity index (χ0n) is 28.7. The molecule has 2 saturated carbocycles. The number of carbonyl (C=O) groups excluding carboxylic acids is 3. The molecule has 0 aliphatic heterocycles. The van der Waals surface area contributed by atoms with E-state index >= 15 is 4.39 Å². The first-order valence-corrected chi connectivity index (χ1v) is 16.9. The number of hydrogen-bond donors (Lipinski definition) is 3. The van der Waals surface area contributed by atoms with E-state index in [1.165, 1.54) is 12.1 Å². The number of ether oxygens (including phenoxy) is 4. The number of fused-ring (bicyclic) bond motifs is 1. The second-order valence-corrected chi connectivity index (χ2v) is 13.2. The number of benzene rings is 4. The standard InChI is InChI=1S/C40H37FN4O7/c1-25-20-30-32(22-35(25)51-24-39(15-16-39)45-38(48)50-23-26-8-11-29(49-2)12-9-26)42-19-14-33(30)52-34-13-10-28(21-31(34)41)44-37(47)40(17-18-40)36(46)43-27-6-4-3-5-7-27/h3-14,19-22H,15-18,23-24H2,1-2H3,(H,43,46)(H,44,47)(H,45,48). The van der Waals surface area contributed by atoms with E-state index in [9.17, 15) is 14.4 Å². The number of aromatic nitrogens is 1. The molecule has 2 aliphatic carbocycles. The summed E-state index contributed by atoms with van der Waals surface area (Å²) in [5.41, 5.74) is 1.30. The predicted octanol–water partition coefficient (Wildman–Crippen LogP) is 7.68. The summed E-state index contributed by atoms with van der Waals surface area (Å²) in [7, 11) is 1.59. The summed E-state index contributed by atoms with van der Waals surface area (Å²) in [6.45, 7) is 2.26. The molecule has 3 N–H and O–H groups in total. The number of pyridine rings is 1. The van der Waals surface area contributed by atoms with Crippen molar-refractivity contribution in [2.24, 2.45) is 5.41 Å². The van der Waals surface area contributed by atoms with Gasteiger partial charge in [-0.15, -0.1) is 0 Å². The third-order valence-electron chi connectivity index (χ3n) is 9.31. The maximum atomic E-state index is 15.3. The molecule has 2 fully saturated rings. The molecule has 0 saturated heterocycles. The van der Waals surface area contributed by atoms with Crippen molar-refractivity contribution < 1.29 is 37.7 Å². The van der Waals surface area contributed by atoms with Crippen LogP contribution in [0.4, 0.5) is 20.6 Å². The third kappa shape index (κ3) is 7.60. The van der Waals surface area contributed by atoms with Crippen molar-refractivity contribution in [3.8, 4) is 23.0 Å². The second kappa shape index (κ2) is 14.2. The minimum absolute atomic E-state index is 0.0490. The van der Waals surface area contributed by atoms with E-state index in [-0.39, 0.29) is 24.7 Å². The normalized spacial score (nSPS) is 14.8. The number of halogens is 1. The Morgan fingerprint density at radius 1 is 0.808 bits per heavy atom. The molecule has 11 nitrogen and oxygen atoms in total. The summed E-state index contributed by atoms with van der Waals surface area (Å²) < 4.78 is 38.1. The lowest BCUT2D eigenvalue weighted by atomic mass is 10.0. The van der Waals surface area contributed by atoms with E-state index in [4.69, 9.17) is 18.9 Å². The number of para-hydroxylation sites is 1. The molecule has 4 aromatic carbocycles. The Bertz CT molecular complexity index is 2130. The lowest BCUT2D eigenvalue weighted by Gasteiger charge is -2.19. The molecule has 3 amide bonds. The fourth-order valence-corrected chi connectivity index (χ4v) is 5.78. The molecule has 1 aromatic heterocycles. The highest BCUT2D eigenvalue weighted by Gasteiger charge is 2.56. The van der Waals surface area contributed by atoms with Crippen molar-refractivity contribution in [2.75, 3.05) is 24.4 Å². The van der Waals surface area contributed by atoms with Crippen LogP contribution in [0, 0.1) is 18.2 Å². The summed E-state index contributed by atoms with van der Waals surface area (Å²) in [5.74, 6) is 0.0722. The van der Waals surface area contributed by atoms with Crippen molar-refractivity contribution in [3.63, 3.8) is 0 Å². The fourth-order valence-electron chi connectivity index (χ4n) is 5.78. The Balaban J connectivity index is 0.959. The molecule has 2 aliphatic rings. The Morgan fingerprint density at radius 3 is 2.21 bits per heavy atom. The van der Waals surface area contributed by atoms with Crippen LogP contribution >= 0.6 is 0 Å². The van der Waals surface area contributed by atoms with Crippen LogP contribution in [-0.4, -0.2) is 42.1 Å². The van der Waals surface area contributed by atoms with E-state index < -0.39 is 34.7 Å². The number of alkyl carbamates (subject to hydrolysis) is 1. The van der Waals surface area contributed by atoms with Gasteiger partial charge in [0.25, 0.3) is 0 Å². The molecule has 0 bridgehead atoms. The van der Waals surface area contributed by atoms with Gasteiger partial charge < -0.3 is 34.9 Å². The van der Waals surface area contributed by atoms with Crippen LogP contribution in [0.5, 0.6) is 23.0 Å².